The Bertz CT molecular complexity index is 419. The molecule has 0 aliphatic rings. The summed E-state index contributed by atoms with van der Waals surface area (Å²) in [5.74, 6) is 5.84. The monoisotopic (exact) mass is 251 g/mol. The minimum atomic E-state index is -0.652. The number of hydrazine groups is 1. The van der Waals surface area contributed by atoms with Crippen LogP contribution in [-0.2, 0) is 17.6 Å². The number of nitrogens with two attached hydrogens (primary N) is 2. The van der Waals surface area contributed by atoms with Gasteiger partial charge in [0.05, 0.1) is 13.2 Å². The molecular weight excluding hydrogens is 230 g/mol. The normalized spacial score (nSPS) is 12.1. The van der Waals surface area contributed by atoms with Gasteiger partial charge in [-0.15, -0.1) is 0 Å². The number of ether oxygens (including phenoxy) is 1. The number of likely N-dealkylation sites (N-methyl/N-ethyl adjacent to an activating group) is 1. The quantitative estimate of drug-likeness (QED) is 0.452. The summed E-state index contributed by atoms with van der Waals surface area (Å²) in [4.78, 5) is 11.6. The van der Waals surface area contributed by atoms with Crippen LogP contribution >= 0.6 is 0 Å². The van der Waals surface area contributed by atoms with Crippen LogP contribution in [0.1, 0.15) is 18.1 Å². The van der Waals surface area contributed by atoms with Gasteiger partial charge in [0.15, 0.2) is 0 Å². The Balaban J connectivity index is 2.91. The van der Waals surface area contributed by atoms with Crippen LogP contribution in [0, 0.1) is 0 Å². The zero-order valence-electron chi connectivity index (χ0n) is 11.1. The first-order valence-electron chi connectivity index (χ1n) is 5.93. The van der Waals surface area contributed by atoms with Gasteiger partial charge in [-0.25, -0.2) is 5.84 Å². The van der Waals surface area contributed by atoms with Crippen LogP contribution in [-0.4, -0.2) is 31.1 Å². The van der Waals surface area contributed by atoms with E-state index in [-0.39, 0.29) is 5.91 Å². The molecule has 1 amide bonds. The molecule has 1 atom stereocenters. The van der Waals surface area contributed by atoms with Crippen LogP contribution in [0.25, 0.3) is 0 Å². The third kappa shape index (κ3) is 3.45. The first-order chi connectivity index (χ1) is 8.49. The molecule has 0 saturated carbocycles. The number of benzene rings is 1. The fourth-order valence-electron chi connectivity index (χ4n) is 1.80. The van der Waals surface area contributed by atoms with Crippen LogP contribution < -0.4 is 16.3 Å². The topological polar surface area (TPSA) is 81.6 Å². The Morgan fingerprint density at radius 3 is 2.67 bits per heavy atom. The highest BCUT2D eigenvalue weighted by molar-refractivity contribution is 5.81. The van der Waals surface area contributed by atoms with E-state index in [1.54, 1.807) is 7.11 Å². The third-order valence-corrected chi connectivity index (χ3v) is 2.86. The second kappa shape index (κ2) is 6.37. The van der Waals surface area contributed by atoms with Crippen molar-refractivity contribution in [1.82, 2.24) is 5.01 Å². The zero-order valence-corrected chi connectivity index (χ0v) is 11.1. The fourth-order valence-corrected chi connectivity index (χ4v) is 1.80. The van der Waals surface area contributed by atoms with Gasteiger partial charge in [0.25, 0.3) is 5.91 Å². The molecule has 0 aromatic heterocycles. The van der Waals surface area contributed by atoms with E-state index in [2.05, 4.69) is 6.92 Å². The second-order valence-corrected chi connectivity index (χ2v) is 4.26. The molecule has 100 valence electrons. The van der Waals surface area contributed by atoms with E-state index in [0.29, 0.717) is 6.42 Å². The van der Waals surface area contributed by atoms with Crippen LogP contribution in [0.4, 0.5) is 0 Å². The third-order valence-electron chi connectivity index (χ3n) is 2.86. The molecule has 0 aliphatic heterocycles. The molecule has 0 fully saturated rings. The maximum Gasteiger partial charge on any atom is 0.253 e. The molecule has 1 aromatic rings. The summed E-state index contributed by atoms with van der Waals surface area (Å²) in [6.45, 7) is 2.07. The van der Waals surface area contributed by atoms with E-state index in [9.17, 15) is 4.79 Å². The molecular formula is C13H21N3O2. The Labute approximate surface area is 108 Å². The Kier molecular flexibility index (Phi) is 5.12. The highest BCUT2D eigenvalue weighted by Gasteiger charge is 2.18. The molecule has 0 bridgehead atoms. The second-order valence-electron chi connectivity index (χ2n) is 4.26. The summed E-state index contributed by atoms with van der Waals surface area (Å²) in [6.07, 6.45) is 1.34. The predicted molar refractivity (Wildman–Crippen MR) is 71.0 cm³/mol. The van der Waals surface area contributed by atoms with Crippen molar-refractivity contribution >= 4 is 5.91 Å². The van der Waals surface area contributed by atoms with Crippen molar-refractivity contribution in [2.75, 3.05) is 14.2 Å². The van der Waals surface area contributed by atoms with Crippen molar-refractivity contribution in [3.63, 3.8) is 0 Å². The lowest BCUT2D eigenvalue weighted by Gasteiger charge is -2.18. The zero-order chi connectivity index (χ0) is 13.7. The Morgan fingerprint density at radius 2 is 2.17 bits per heavy atom. The summed E-state index contributed by atoms with van der Waals surface area (Å²) in [5, 5.41) is 1.01. The lowest BCUT2D eigenvalue weighted by Crippen LogP contribution is -2.46. The van der Waals surface area contributed by atoms with Crippen molar-refractivity contribution in [3.8, 4) is 5.75 Å². The van der Waals surface area contributed by atoms with Crippen molar-refractivity contribution in [2.45, 2.75) is 25.8 Å². The molecule has 1 rings (SSSR count). The first-order valence-corrected chi connectivity index (χ1v) is 5.93. The van der Waals surface area contributed by atoms with E-state index < -0.39 is 6.04 Å². The summed E-state index contributed by atoms with van der Waals surface area (Å²) >= 11 is 0. The van der Waals surface area contributed by atoms with Crippen molar-refractivity contribution in [2.24, 2.45) is 11.6 Å². The van der Waals surface area contributed by atoms with E-state index in [1.807, 2.05) is 18.2 Å². The van der Waals surface area contributed by atoms with Crippen LogP contribution in [0.5, 0.6) is 5.75 Å². The van der Waals surface area contributed by atoms with Gasteiger partial charge in [0, 0.05) is 13.5 Å². The average Bonchev–Trinajstić information content (AvgIpc) is 2.37. The lowest BCUT2D eigenvalue weighted by molar-refractivity contribution is -0.131. The lowest BCUT2D eigenvalue weighted by atomic mass is 10.0. The number of nitrogens with zero attached hydrogens (tertiary/aromatic N) is 1. The number of methoxy groups -OCH3 is 1. The highest BCUT2D eigenvalue weighted by Crippen LogP contribution is 2.21. The van der Waals surface area contributed by atoms with E-state index in [4.69, 9.17) is 16.3 Å². The van der Waals surface area contributed by atoms with E-state index >= 15 is 0 Å². The van der Waals surface area contributed by atoms with E-state index in [1.165, 1.54) is 12.6 Å². The number of amides is 1. The van der Waals surface area contributed by atoms with Crippen molar-refractivity contribution in [3.05, 3.63) is 29.3 Å². The summed E-state index contributed by atoms with van der Waals surface area (Å²) < 4.78 is 5.27. The molecule has 18 heavy (non-hydrogen) atoms. The highest BCUT2D eigenvalue weighted by atomic mass is 16.5. The molecule has 0 saturated heterocycles. The van der Waals surface area contributed by atoms with Gasteiger partial charge in [-0.1, -0.05) is 19.1 Å². The van der Waals surface area contributed by atoms with Gasteiger partial charge in [0.1, 0.15) is 5.75 Å². The molecule has 1 aromatic carbocycles. The number of aryl methyl sites for hydroxylation is 1. The summed E-state index contributed by atoms with van der Waals surface area (Å²) in [5.41, 5.74) is 7.96. The van der Waals surface area contributed by atoms with E-state index in [0.717, 1.165) is 22.7 Å². The number of rotatable bonds is 5. The predicted octanol–water partition coefficient (Wildman–Crippen LogP) is 0.460. The minimum Gasteiger partial charge on any atom is -0.496 e. The van der Waals surface area contributed by atoms with Gasteiger partial charge in [0.2, 0.25) is 0 Å². The average molecular weight is 251 g/mol. The maximum atomic E-state index is 11.6. The smallest absolute Gasteiger partial charge is 0.253 e. The summed E-state index contributed by atoms with van der Waals surface area (Å²) in [7, 11) is 3.09. The molecule has 4 N–H and O–H groups in total. The molecule has 0 radical (unpaired) electrons. The Hall–Kier alpha value is -1.59. The number of hydrogen-bond acceptors (Lipinski definition) is 4. The van der Waals surface area contributed by atoms with Crippen LogP contribution in [0.2, 0.25) is 0 Å². The SMILES string of the molecule is CCc1ccc(OC)c(CC(N)C(=O)N(C)N)c1. The maximum absolute atomic E-state index is 11.6. The fraction of sp³-hybridized carbons (Fsp3) is 0.462. The van der Waals surface area contributed by atoms with Crippen LogP contribution in [0.3, 0.4) is 0 Å². The molecule has 0 heterocycles. The molecule has 1 unspecified atom stereocenters. The first kappa shape index (κ1) is 14.5. The molecule has 5 nitrogen and oxygen atoms in total. The molecule has 0 spiro atoms. The van der Waals surface area contributed by atoms with Crippen molar-refractivity contribution < 1.29 is 9.53 Å². The standard InChI is InChI=1S/C13H21N3O2/c1-4-9-5-6-12(18-3)10(7-9)8-11(14)13(17)16(2)15/h5-7,11H,4,8,14-15H2,1-3H3. The van der Waals surface area contributed by atoms with Gasteiger partial charge in [-0.2, -0.15) is 0 Å². The minimum absolute atomic E-state index is 0.293. The van der Waals surface area contributed by atoms with Crippen LogP contribution in [0.15, 0.2) is 18.2 Å². The van der Waals surface area contributed by atoms with Gasteiger partial charge in [-0.05, 0) is 23.6 Å². The summed E-state index contributed by atoms with van der Waals surface area (Å²) in [6, 6.07) is 5.27. The van der Waals surface area contributed by atoms with Crippen molar-refractivity contribution in [1.29, 1.82) is 0 Å². The number of hydrogen-bond donors (Lipinski definition) is 2. The van der Waals surface area contributed by atoms with Gasteiger partial charge < -0.3 is 10.5 Å². The molecule has 0 aliphatic carbocycles. The Morgan fingerprint density at radius 1 is 1.50 bits per heavy atom. The van der Waals surface area contributed by atoms with Gasteiger partial charge >= 0.3 is 0 Å². The number of carbonyl (C=O) groups excluding carboxylic acids is 1. The largest absolute Gasteiger partial charge is 0.496 e. The van der Waals surface area contributed by atoms with Gasteiger partial charge in [-0.3, -0.25) is 9.80 Å². The molecule has 5 heteroatoms. The number of carbonyl (C=O) groups is 1.